The third-order valence-electron chi connectivity index (χ3n) is 3.25. The fourth-order valence-electron chi connectivity index (χ4n) is 2.40. The number of nitrogens with one attached hydrogen (secondary N) is 2. The van der Waals surface area contributed by atoms with Gasteiger partial charge in [-0.05, 0) is 39.5 Å². The zero-order chi connectivity index (χ0) is 14.6. The second kappa shape index (κ2) is 6.43. The van der Waals surface area contributed by atoms with Gasteiger partial charge in [-0.15, -0.1) is 11.3 Å². The van der Waals surface area contributed by atoms with E-state index in [1.165, 1.54) is 0 Å². The van der Waals surface area contributed by atoms with Crippen LogP contribution in [-0.4, -0.2) is 36.2 Å². The molecule has 1 unspecified atom stereocenters. The predicted molar refractivity (Wildman–Crippen MR) is 83.3 cm³/mol. The van der Waals surface area contributed by atoms with Crippen molar-refractivity contribution in [2.24, 2.45) is 5.92 Å². The Morgan fingerprint density at radius 2 is 2.35 bits per heavy atom. The minimum absolute atomic E-state index is 0.0797. The Morgan fingerprint density at radius 3 is 3.00 bits per heavy atom. The van der Waals surface area contributed by atoms with Crippen molar-refractivity contribution in [3.05, 3.63) is 11.6 Å². The maximum absolute atomic E-state index is 11.8. The Labute approximate surface area is 124 Å². The maximum atomic E-state index is 11.8. The second-order valence-electron chi connectivity index (χ2n) is 6.35. The quantitative estimate of drug-likeness (QED) is 0.901. The molecule has 6 heteroatoms. The molecule has 0 aromatic carbocycles. The van der Waals surface area contributed by atoms with E-state index in [0.29, 0.717) is 5.92 Å². The van der Waals surface area contributed by atoms with Crippen LogP contribution in [0.2, 0.25) is 0 Å². The van der Waals surface area contributed by atoms with Crippen LogP contribution in [0, 0.1) is 5.92 Å². The largest absolute Gasteiger partial charge is 0.348 e. The summed E-state index contributed by atoms with van der Waals surface area (Å²) in [6, 6.07) is -0.0797. The molecule has 0 saturated carbocycles. The molecule has 2 amide bonds. The van der Waals surface area contributed by atoms with E-state index in [1.807, 2.05) is 32.3 Å². The lowest BCUT2D eigenvalue weighted by atomic mass is 9.98. The number of carbonyl (C=O) groups is 1. The van der Waals surface area contributed by atoms with Gasteiger partial charge in [0, 0.05) is 36.8 Å². The molecule has 5 nitrogen and oxygen atoms in total. The van der Waals surface area contributed by atoms with Gasteiger partial charge in [0.15, 0.2) is 5.13 Å². The molecule has 1 aliphatic rings. The summed E-state index contributed by atoms with van der Waals surface area (Å²) < 4.78 is 0. The minimum Gasteiger partial charge on any atom is -0.348 e. The van der Waals surface area contributed by atoms with Crippen LogP contribution in [0.1, 0.15) is 33.6 Å². The average Bonchev–Trinajstić information content (AvgIpc) is 2.88. The molecule has 2 N–H and O–H groups in total. The number of piperidine rings is 1. The summed E-state index contributed by atoms with van der Waals surface area (Å²) in [7, 11) is 0. The summed E-state index contributed by atoms with van der Waals surface area (Å²) in [6.45, 7) is 8.72. The third-order valence-corrected chi connectivity index (χ3v) is 4.08. The molecule has 20 heavy (non-hydrogen) atoms. The van der Waals surface area contributed by atoms with Crippen molar-refractivity contribution in [2.45, 2.75) is 39.2 Å². The lowest BCUT2D eigenvalue weighted by molar-refractivity contribution is 0.229. The Kier molecular flexibility index (Phi) is 4.86. The summed E-state index contributed by atoms with van der Waals surface area (Å²) in [6.07, 6.45) is 4.17. The first kappa shape index (κ1) is 15.1. The standard InChI is InChI=1S/C14H24N4OS/c1-14(2,3)17-12(19)16-9-11-5-4-7-18(10-11)13-15-6-8-20-13/h6,8,11H,4-5,7,9-10H2,1-3H3,(H2,16,17,19). The van der Waals surface area contributed by atoms with Gasteiger partial charge in [0.1, 0.15) is 0 Å². The van der Waals surface area contributed by atoms with Crippen LogP contribution in [0.4, 0.5) is 9.93 Å². The van der Waals surface area contributed by atoms with E-state index in [-0.39, 0.29) is 11.6 Å². The number of urea groups is 1. The van der Waals surface area contributed by atoms with Crippen LogP contribution < -0.4 is 15.5 Å². The first-order chi connectivity index (χ1) is 9.44. The zero-order valence-electron chi connectivity index (χ0n) is 12.5. The lowest BCUT2D eigenvalue weighted by Crippen LogP contribution is -2.49. The van der Waals surface area contributed by atoms with Gasteiger partial charge in [-0.25, -0.2) is 9.78 Å². The number of hydrogen-bond acceptors (Lipinski definition) is 4. The average molecular weight is 296 g/mol. The van der Waals surface area contributed by atoms with Gasteiger partial charge in [-0.3, -0.25) is 0 Å². The number of anilines is 1. The molecule has 2 heterocycles. The van der Waals surface area contributed by atoms with Crippen molar-refractivity contribution in [1.29, 1.82) is 0 Å². The van der Waals surface area contributed by atoms with Gasteiger partial charge < -0.3 is 15.5 Å². The van der Waals surface area contributed by atoms with Crippen LogP contribution >= 0.6 is 11.3 Å². The van der Waals surface area contributed by atoms with E-state index >= 15 is 0 Å². The van der Waals surface area contributed by atoms with Crippen molar-refractivity contribution < 1.29 is 4.79 Å². The molecule has 1 aromatic rings. The van der Waals surface area contributed by atoms with Crippen LogP contribution in [-0.2, 0) is 0 Å². The van der Waals surface area contributed by atoms with E-state index < -0.39 is 0 Å². The highest BCUT2D eigenvalue weighted by Crippen LogP contribution is 2.24. The van der Waals surface area contributed by atoms with E-state index in [4.69, 9.17) is 0 Å². The predicted octanol–water partition coefficient (Wildman–Crippen LogP) is 2.46. The fraction of sp³-hybridized carbons (Fsp3) is 0.714. The first-order valence-electron chi connectivity index (χ1n) is 7.14. The number of rotatable bonds is 3. The maximum Gasteiger partial charge on any atom is 0.315 e. The number of amides is 2. The molecule has 1 aromatic heterocycles. The number of hydrogen-bond donors (Lipinski definition) is 2. The second-order valence-corrected chi connectivity index (χ2v) is 7.23. The molecule has 1 fully saturated rings. The molecule has 0 bridgehead atoms. The Morgan fingerprint density at radius 1 is 1.55 bits per heavy atom. The smallest absolute Gasteiger partial charge is 0.315 e. The number of aromatic nitrogens is 1. The van der Waals surface area contributed by atoms with Gasteiger partial charge >= 0.3 is 6.03 Å². The Hall–Kier alpha value is -1.30. The van der Waals surface area contributed by atoms with Crippen molar-refractivity contribution in [1.82, 2.24) is 15.6 Å². The van der Waals surface area contributed by atoms with Gasteiger partial charge in [-0.1, -0.05) is 0 Å². The van der Waals surface area contributed by atoms with E-state index in [0.717, 1.165) is 37.6 Å². The number of nitrogens with zero attached hydrogens (tertiary/aromatic N) is 2. The summed E-state index contributed by atoms with van der Waals surface area (Å²) in [5, 5.41) is 9.00. The van der Waals surface area contributed by atoms with Gasteiger partial charge in [0.2, 0.25) is 0 Å². The molecular weight excluding hydrogens is 272 g/mol. The van der Waals surface area contributed by atoms with Gasteiger partial charge in [0.05, 0.1) is 0 Å². The summed E-state index contributed by atoms with van der Waals surface area (Å²) in [5.41, 5.74) is -0.191. The fourth-order valence-corrected chi connectivity index (χ4v) is 3.08. The van der Waals surface area contributed by atoms with E-state index in [2.05, 4.69) is 20.5 Å². The van der Waals surface area contributed by atoms with Crippen LogP contribution in [0.15, 0.2) is 11.6 Å². The zero-order valence-corrected chi connectivity index (χ0v) is 13.3. The van der Waals surface area contributed by atoms with Crippen LogP contribution in [0.3, 0.4) is 0 Å². The highest BCUT2D eigenvalue weighted by molar-refractivity contribution is 7.13. The summed E-state index contributed by atoms with van der Waals surface area (Å²) in [5.74, 6) is 0.498. The van der Waals surface area contributed by atoms with Crippen LogP contribution in [0.5, 0.6) is 0 Å². The first-order valence-corrected chi connectivity index (χ1v) is 8.02. The van der Waals surface area contributed by atoms with Crippen molar-refractivity contribution in [3.63, 3.8) is 0 Å². The summed E-state index contributed by atoms with van der Waals surface area (Å²) in [4.78, 5) is 18.4. The molecular formula is C14H24N4OS. The topological polar surface area (TPSA) is 57.3 Å². The monoisotopic (exact) mass is 296 g/mol. The minimum atomic E-state index is -0.191. The van der Waals surface area contributed by atoms with Crippen molar-refractivity contribution in [2.75, 3.05) is 24.5 Å². The third kappa shape index (κ3) is 4.67. The Bertz CT molecular complexity index is 427. The van der Waals surface area contributed by atoms with E-state index in [9.17, 15) is 4.79 Å². The molecule has 112 valence electrons. The van der Waals surface area contributed by atoms with E-state index in [1.54, 1.807) is 11.3 Å². The SMILES string of the molecule is CC(C)(C)NC(=O)NCC1CCCN(c2nccs2)C1. The van der Waals surface area contributed by atoms with Gasteiger partial charge in [-0.2, -0.15) is 0 Å². The molecule has 0 spiro atoms. The van der Waals surface area contributed by atoms with Crippen LogP contribution in [0.25, 0.3) is 0 Å². The molecule has 0 radical (unpaired) electrons. The molecule has 1 aliphatic heterocycles. The van der Waals surface area contributed by atoms with Crippen molar-refractivity contribution in [3.8, 4) is 0 Å². The number of thiazole rings is 1. The Balaban J connectivity index is 1.77. The van der Waals surface area contributed by atoms with Gasteiger partial charge in [0.25, 0.3) is 0 Å². The lowest BCUT2D eigenvalue weighted by Gasteiger charge is -2.32. The van der Waals surface area contributed by atoms with Crippen molar-refractivity contribution >= 4 is 22.5 Å². The molecule has 1 atom stereocenters. The molecule has 2 rings (SSSR count). The molecule has 0 aliphatic carbocycles. The number of carbonyl (C=O) groups excluding carboxylic acids is 1. The normalized spacial score (nSPS) is 19.8. The summed E-state index contributed by atoms with van der Waals surface area (Å²) >= 11 is 1.68. The highest BCUT2D eigenvalue weighted by atomic mass is 32.1. The highest BCUT2D eigenvalue weighted by Gasteiger charge is 2.22. The molecule has 1 saturated heterocycles.